The second kappa shape index (κ2) is 8.70. The molecule has 0 aliphatic rings. The Bertz CT molecular complexity index is 1120. The number of hydrogen-bond acceptors (Lipinski definition) is 5. The van der Waals surface area contributed by atoms with E-state index < -0.39 is 21.7 Å². The van der Waals surface area contributed by atoms with Crippen molar-refractivity contribution in [1.82, 2.24) is 10.3 Å². The second-order valence-electron chi connectivity index (χ2n) is 5.99. The normalized spacial score (nSPS) is 11.0. The fourth-order valence-electron chi connectivity index (χ4n) is 2.56. The number of hydrogen-bond donors (Lipinski definition) is 2. The lowest BCUT2D eigenvalue weighted by molar-refractivity contribution is 0.0950. The summed E-state index contributed by atoms with van der Waals surface area (Å²) >= 11 is 0. The highest BCUT2D eigenvalue weighted by Crippen LogP contribution is 2.18. The molecule has 0 unspecified atom stereocenters. The number of ether oxygens (including phenoxy) is 1. The Morgan fingerprint density at radius 1 is 1.10 bits per heavy atom. The molecular formula is C20H18FN3O4S. The van der Waals surface area contributed by atoms with Crippen LogP contribution in [0.3, 0.4) is 0 Å². The highest BCUT2D eigenvalue weighted by atomic mass is 32.2. The van der Waals surface area contributed by atoms with Crippen molar-refractivity contribution in [3.63, 3.8) is 0 Å². The topological polar surface area (TPSA) is 97.4 Å². The van der Waals surface area contributed by atoms with Crippen LogP contribution in [-0.2, 0) is 16.6 Å². The molecule has 0 aliphatic carbocycles. The quantitative estimate of drug-likeness (QED) is 0.618. The van der Waals surface area contributed by atoms with E-state index >= 15 is 0 Å². The van der Waals surface area contributed by atoms with Crippen LogP contribution in [0.2, 0.25) is 0 Å². The van der Waals surface area contributed by atoms with Crippen molar-refractivity contribution < 1.29 is 22.3 Å². The minimum absolute atomic E-state index is 0.0894. The first kappa shape index (κ1) is 20.3. The van der Waals surface area contributed by atoms with Crippen LogP contribution >= 0.6 is 0 Å². The molecule has 0 atom stereocenters. The average molecular weight is 415 g/mol. The van der Waals surface area contributed by atoms with Crippen molar-refractivity contribution in [2.24, 2.45) is 0 Å². The van der Waals surface area contributed by atoms with Gasteiger partial charge in [-0.1, -0.05) is 12.1 Å². The van der Waals surface area contributed by atoms with Crippen LogP contribution in [-0.4, -0.2) is 26.4 Å². The van der Waals surface area contributed by atoms with Crippen molar-refractivity contribution in [2.45, 2.75) is 11.4 Å². The number of benzene rings is 2. The maximum Gasteiger partial charge on any atom is 0.261 e. The molecule has 7 nitrogen and oxygen atoms in total. The van der Waals surface area contributed by atoms with Crippen molar-refractivity contribution in [3.05, 3.63) is 83.8 Å². The lowest BCUT2D eigenvalue weighted by Crippen LogP contribution is -2.23. The van der Waals surface area contributed by atoms with Gasteiger partial charge >= 0.3 is 0 Å². The van der Waals surface area contributed by atoms with E-state index in [2.05, 4.69) is 15.0 Å². The second-order valence-corrected chi connectivity index (χ2v) is 7.68. The van der Waals surface area contributed by atoms with Gasteiger partial charge in [0.05, 0.1) is 12.0 Å². The molecule has 9 heteroatoms. The highest BCUT2D eigenvalue weighted by molar-refractivity contribution is 7.92. The summed E-state index contributed by atoms with van der Waals surface area (Å²) in [5.74, 6) is -0.528. The molecular weight excluding hydrogens is 397 g/mol. The maximum absolute atomic E-state index is 13.0. The van der Waals surface area contributed by atoms with Crippen molar-refractivity contribution in [1.29, 1.82) is 0 Å². The zero-order chi connectivity index (χ0) is 20.9. The molecule has 2 aromatic carbocycles. The van der Waals surface area contributed by atoms with E-state index in [1.807, 2.05) is 0 Å². The number of nitrogens with one attached hydrogen (secondary N) is 2. The Morgan fingerprint density at radius 2 is 1.86 bits per heavy atom. The number of aromatic nitrogens is 1. The van der Waals surface area contributed by atoms with E-state index in [0.29, 0.717) is 11.4 Å². The van der Waals surface area contributed by atoms with E-state index in [1.54, 1.807) is 18.3 Å². The van der Waals surface area contributed by atoms with Crippen molar-refractivity contribution in [3.8, 4) is 5.88 Å². The molecule has 0 bridgehead atoms. The zero-order valence-electron chi connectivity index (χ0n) is 15.4. The molecule has 1 amide bonds. The predicted molar refractivity (Wildman–Crippen MR) is 106 cm³/mol. The minimum atomic E-state index is -3.94. The van der Waals surface area contributed by atoms with Gasteiger partial charge in [0.1, 0.15) is 5.82 Å². The first-order chi connectivity index (χ1) is 13.9. The van der Waals surface area contributed by atoms with Gasteiger partial charge in [0, 0.05) is 29.6 Å². The van der Waals surface area contributed by atoms with Gasteiger partial charge in [0.2, 0.25) is 5.88 Å². The third-order valence-corrected chi connectivity index (χ3v) is 5.36. The Hall–Kier alpha value is -3.46. The molecule has 1 aromatic heterocycles. The van der Waals surface area contributed by atoms with Gasteiger partial charge in [-0.05, 0) is 48.5 Å². The molecule has 1 heterocycles. The van der Waals surface area contributed by atoms with Crippen LogP contribution in [0.1, 0.15) is 15.9 Å². The van der Waals surface area contributed by atoms with Gasteiger partial charge in [-0.3, -0.25) is 9.52 Å². The maximum atomic E-state index is 13.0. The highest BCUT2D eigenvalue weighted by Gasteiger charge is 2.17. The summed E-state index contributed by atoms with van der Waals surface area (Å²) in [6.45, 7) is 0.167. The smallest absolute Gasteiger partial charge is 0.261 e. The number of methoxy groups -OCH3 is 1. The minimum Gasteiger partial charge on any atom is -0.481 e. The summed E-state index contributed by atoms with van der Waals surface area (Å²) < 4.78 is 45.6. The molecule has 2 N–H and O–H groups in total. The number of nitrogens with zero attached hydrogens (tertiary/aromatic N) is 1. The fraction of sp³-hybridized carbons (Fsp3) is 0.100. The van der Waals surface area contributed by atoms with Gasteiger partial charge in [0.15, 0.2) is 0 Å². The van der Waals surface area contributed by atoms with Crippen LogP contribution in [0.15, 0.2) is 71.8 Å². The standard InChI is InChI=1S/C20H18FN3O4S/c1-28-20-15(5-3-11-22-20)13-23-19(25)14-4-2-6-18(12-14)29(26,27)24-17-9-7-16(21)8-10-17/h2-12,24H,13H2,1H3,(H,23,25). The molecule has 0 spiro atoms. The molecule has 0 fully saturated rings. The number of anilines is 1. The van der Waals surface area contributed by atoms with Gasteiger partial charge < -0.3 is 10.1 Å². The number of amides is 1. The van der Waals surface area contributed by atoms with Gasteiger partial charge in [-0.25, -0.2) is 17.8 Å². The summed E-state index contributed by atoms with van der Waals surface area (Å²) in [6, 6.07) is 14.0. The summed E-state index contributed by atoms with van der Waals surface area (Å²) in [5.41, 5.74) is 1.07. The number of rotatable bonds is 7. The Labute approximate surface area is 167 Å². The van der Waals surface area contributed by atoms with Crippen LogP contribution < -0.4 is 14.8 Å². The van der Waals surface area contributed by atoms with E-state index in [0.717, 1.165) is 12.1 Å². The predicted octanol–water partition coefficient (Wildman–Crippen LogP) is 2.96. The molecule has 3 rings (SSSR count). The number of pyridine rings is 1. The molecule has 29 heavy (non-hydrogen) atoms. The monoisotopic (exact) mass is 415 g/mol. The Morgan fingerprint density at radius 3 is 2.59 bits per heavy atom. The van der Waals surface area contributed by atoms with E-state index in [-0.39, 0.29) is 22.7 Å². The molecule has 0 radical (unpaired) electrons. The lowest BCUT2D eigenvalue weighted by atomic mass is 10.2. The number of halogens is 1. The van der Waals surface area contributed by atoms with E-state index in [4.69, 9.17) is 4.74 Å². The first-order valence-corrected chi connectivity index (χ1v) is 10.0. The van der Waals surface area contributed by atoms with Gasteiger partial charge in [-0.2, -0.15) is 0 Å². The molecule has 0 saturated carbocycles. The van der Waals surface area contributed by atoms with Crippen LogP contribution in [0.25, 0.3) is 0 Å². The Kier molecular flexibility index (Phi) is 6.08. The number of carbonyl (C=O) groups excluding carboxylic acids is 1. The summed E-state index contributed by atoms with van der Waals surface area (Å²) in [5, 5.41) is 2.71. The third-order valence-electron chi connectivity index (χ3n) is 3.99. The van der Waals surface area contributed by atoms with Crippen molar-refractivity contribution in [2.75, 3.05) is 11.8 Å². The van der Waals surface area contributed by atoms with Gasteiger partial charge in [-0.15, -0.1) is 0 Å². The average Bonchev–Trinajstić information content (AvgIpc) is 2.74. The summed E-state index contributed by atoms with van der Waals surface area (Å²) in [7, 11) is -2.46. The lowest BCUT2D eigenvalue weighted by Gasteiger charge is -2.11. The van der Waals surface area contributed by atoms with E-state index in [9.17, 15) is 17.6 Å². The summed E-state index contributed by atoms with van der Waals surface area (Å²) in [6.07, 6.45) is 1.58. The Balaban J connectivity index is 1.74. The fourth-order valence-corrected chi connectivity index (χ4v) is 3.66. The molecule has 3 aromatic rings. The number of sulfonamides is 1. The third kappa shape index (κ3) is 5.08. The first-order valence-electron chi connectivity index (χ1n) is 8.53. The SMILES string of the molecule is COc1ncccc1CNC(=O)c1cccc(S(=O)(=O)Nc2ccc(F)cc2)c1. The van der Waals surface area contributed by atoms with Crippen LogP contribution in [0.4, 0.5) is 10.1 Å². The summed E-state index contributed by atoms with van der Waals surface area (Å²) in [4.78, 5) is 16.4. The number of carbonyl (C=O) groups is 1. The largest absolute Gasteiger partial charge is 0.481 e. The van der Waals surface area contributed by atoms with E-state index in [1.165, 1.54) is 43.5 Å². The van der Waals surface area contributed by atoms with Crippen LogP contribution in [0.5, 0.6) is 5.88 Å². The molecule has 0 aliphatic heterocycles. The van der Waals surface area contributed by atoms with Crippen LogP contribution in [0, 0.1) is 5.82 Å². The molecule has 150 valence electrons. The molecule has 0 saturated heterocycles. The van der Waals surface area contributed by atoms with Crippen molar-refractivity contribution >= 4 is 21.6 Å². The van der Waals surface area contributed by atoms with Gasteiger partial charge in [0.25, 0.3) is 15.9 Å². The zero-order valence-corrected chi connectivity index (χ0v) is 16.2.